The number of hydrogen-bond acceptors (Lipinski definition) is 4. The Morgan fingerprint density at radius 1 is 1.38 bits per heavy atom. The van der Waals surface area contributed by atoms with Crippen LogP contribution in [0.5, 0.6) is 5.75 Å². The molecule has 1 aromatic heterocycles. The molecule has 26 heavy (non-hydrogen) atoms. The van der Waals surface area contributed by atoms with Gasteiger partial charge in [0.05, 0.1) is 18.7 Å². The molecule has 0 N–H and O–H groups in total. The highest BCUT2D eigenvalue weighted by atomic mass is 35.5. The maximum absolute atomic E-state index is 12.2. The van der Waals surface area contributed by atoms with Crippen molar-refractivity contribution < 1.29 is 27.4 Å². The molecule has 0 aliphatic heterocycles. The van der Waals surface area contributed by atoms with E-state index in [-0.39, 0.29) is 23.1 Å². The number of carbonyl (C=O) groups excluding carboxylic acids is 1. The Hall–Kier alpha value is -2.32. The highest BCUT2D eigenvalue weighted by Crippen LogP contribution is 2.23. The van der Waals surface area contributed by atoms with E-state index in [1.165, 1.54) is 30.1 Å². The second kappa shape index (κ2) is 8.37. The molecule has 9 heteroatoms. The summed E-state index contributed by atoms with van der Waals surface area (Å²) in [5.74, 6) is 0.00436. The van der Waals surface area contributed by atoms with E-state index in [0.29, 0.717) is 16.9 Å². The number of allylic oxidation sites excluding steroid dienone is 1. The zero-order chi connectivity index (χ0) is 19.3. The molecule has 0 atom stereocenters. The molecule has 0 bridgehead atoms. The molecule has 0 unspecified atom stereocenters. The van der Waals surface area contributed by atoms with Crippen molar-refractivity contribution in [1.29, 1.82) is 0 Å². The topological polar surface area (TPSA) is 53.3 Å². The van der Waals surface area contributed by atoms with Gasteiger partial charge < -0.3 is 9.47 Å². The number of benzene rings is 1. The van der Waals surface area contributed by atoms with E-state index in [1.54, 1.807) is 25.2 Å². The van der Waals surface area contributed by atoms with Crippen LogP contribution in [0.2, 0.25) is 5.02 Å². The summed E-state index contributed by atoms with van der Waals surface area (Å²) in [6.45, 7) is -1.63. The number of nitrogens with zero attached hydrogens (tertiary/aromatic N) is 2. The zero-order valence-corrected chi connectivity index (χ0v) is 14.8. The average Bonchev–Trinajstić information content (AvgIpc) is 2.90. The molecule has 1 aromatic carbocycles. The van der Waals surface area contributed by atoms with Gasteiger partial charge in [-0.25, -0.2) is 0 Å². The summed E-state index contributed by atoms with van der Waals surface area (Å²) >= 11 is 5.92. The van der Waals surface area contributed by atoms with Crippen LogP contribution in [0.4, 0.5) is 13.2 Å². The minimum Gasteiger partial charge on any atom is -0.496 e. The van der Waals surface area contributed by atoms with Gasteiger partial charge in [0, 0.05) is 18.8 Å². The Labute approximate surface area is 153 Å². The number of ketones is 1. The number of ether oxygens (including phenoxy) is 2. The molecule has 0 aliphatic rings. The van der Waals surface area contributed by atoms with Crippen LogP contribution in [0.1, 0.15) is 21.6 Å². The molecule has 0 aliphatic carbocycles. The van der Waals surface area contributed by atoms with Crippen molar-refractivity contribution in [1.82, 2.24) is 9.78 Å². The number of hydrogen-bond donors (Lipinski definition) is 0. The van der Waals surface area contributed by atoms with Crippen molar-refractivity contribution >= 4 is 23.5 Å². The van der Waals surface area contributed by atoms with Crippen LogP contribution in [0.3, 0.4) is 0 Å². The minimum atomic E-state index is -4.40. The lowest BCUT2D eigenvalue weighted by Gasteiger charge is -2.11. The van der Waals surface area contributed by atoms with Crippen molar-refractivity contribution in [2.24, 2.45) is 7.05 Å². The fraction of sp³-hybridized carbons (Fsp3) is 0.294. The van der Waals surface area contributed by atoms with Gasteiger partial charge in [0.1, 0.15) is 12.4 Å². The first-order valence-electron chi connectivity index (χ1n) is 7.42. The second-order valence-corrected chi connectivity index (χ2v) is 5.78. The van der Waals surface area contributed by atoms with Crippen molar-refractivity contribution in [2.45, 2.75) is 12.8 Å². The lowest BCUT2D eigenvalue weighted by atomic mass is 10.1. The number of carbonyl (C=O) groups is 1. The number of rotatable bonds is 7. The number of aryl methyl sites for hydroxylation is 1. The zero-order valence-electron chi connectivity index (χ0n) is 14.0. The van der Waals surface area contributed by atoms with Gasteiger partial charge >= 0.3 is 6.18 Å². The maximum atomic E-state index is 12.2. The van der Waals surface area contributed by atoms with E-state index in [2.05, 4.69) is 9.84 Å². The second-order valence-electron chi connectivity index (χ2n) is 5.38. The molecular weight excluding hydrogens is 373 g/mol. The summed E-state index contributed by atoms with van der Waals surface area (Å²) in [5, 5.41) is 4.20. The SMILES string of the molecule is COc1ccc(/C=C/C(=O)c2nn(C)cc2Cl)cc1COCC(F)(F)F. The van der Waals surface area contributed by atoms with E-state index >= 15 is 0 Å². The standard InChI is InChI=1S/C17H16ClF3N2O3/c1-23-8-13(18)16(22-23)14(24)5-3-11-4-6-15(25-2)12(7-11)9-26-10-17(19,20)21/h3-8H,9-10H2,1-2H3/b5-3+. The first-order chi connectivity index (χ1) is 12.2. The van der Waals surface area contributed by atoms with Crippen molar-refractivity contribution in [2.75, 3.05) is 13.7 Å². The molecule has 2 aromatic rings. The van der Waals surface area contributed by atoms with Gasteiger partial charge in [0.2, 0.25) is 5.78 Å². The smallest absolute Gasteiger partial charge is 0.411 e. The van der Waals surface area contributed by atoms with E-state index in [4.69, 9.17) is 16.3 Å². The molecular formula is C17H16ClF3N2O3. The van der Waals surface area contributed by atoms with Gasteiger partial charge in [-0.2, -0.15) is 18.3 Å². The fourth-order valence-electron chi connectivity index (χ4n) is 2.17. The number of halogens is 4. The first-order valence-corrected chi connectivity index (χ1v) is 7.80. The third-order valence-corrected chi connectivity index (χ3v) is 3.55. The van der Waals surface area contributed by atoms with Crippen LogP contribution in [-0.2, 0) is 18.4 Å². The van der Waals surface area contributed by atoms with E-state index < -0.39 is 12.8 Å². The summed E-state index contributed by atoms with van der Waals surface area (Å²) in [6.07, 6.45) is -0.0956. The van der Waals surface area contributed by atoms with Gasteiger partial charge in [-0.1, -0.05) is 23.7 Å². The van der Waals surface area contributed by atoms with Crippen LogP contribution >= 0.6 is 11.6 Å². The predicted octanol–water partition coefficient (Wildman–Crippen LogP) is 4.06. The van der Waals surface area contributed by atoms with Gasteiger partial charge in [-0.05, 0) is 23.8 Å². The Bertz CT molecular complexity index is 816. The van der Waals surface area contributed by atoms with Crippen molar-refractivity contribution in [3.8, 4) is 5.75 Å². The van der Waals surface area contributed by atoms with Crippen molar-refractivity contribution in [3.05, 3.63) is 52.3 Å². The van der Waals surface area contributed by atoms with Gasteiger partial charge in [-0.15, -0.1) is 0 Å². The van der Waals surface area contributed by atoms with Crippen LogP contribution in [0.25, 0.3) is 6.08 Å². The van der Waals surface area contributed by atoms with Crippen molar-refractivity contribution in [3.63, 3.8) is 0 Å². The van der Waals surface area contributed by atoms with E-state index in [9.17, 15) is 18.0 Å². The van der Waals surface area contributed by atoms with Gasteiger partial charge in [-0.3, -0.25) is 9.48 Å². The summed E-state index contributed by atoms with van der Waals surface area (Å²) in [6, 6.07) is 4.83. The molecule has 0 spiro atoms. The van der Waals surface area contributed by atoms with E-state index in [0.717, 1.165) is 0 Å². The molecule has 1 heterocycles. The number of alkyl halides is 3. The molecule has 0 saturated carbocycles. The summed E-state index contributed by atoms with van der Waals surface area (Å²) in [7, 11) is 3.05. The quantitative estimate of drug-likeness (QED) is 0.530. The summed E-state index contributed by atoms with van der Waals surface area (Å²) in [5.41, 5.74) is 1.15. The maximum Gasteiger partial charge on any atom is 0.411 e. The molecule has 140 valence electrons. The van der Waals surface area contributed by atoms with Crippen LogP contribution < -0.4 is 4.74 Å². The molecule has 0 fully saturated rings. The molecule has 0 amide bonds. The van der Waals surface area contributed by atoms with Gasteiger partial charge in [0.15, 0.2) is 5.69 Å². The predicted molar refractivity (Wildman–Crippen MR) is 90.3 cm³/mol. The Balaban J connectivity index is 2.13. The molecule has 5 nitrogen and oxygen atoms in total. The number of methoxy groups -OCH3 is 1. The minimum absolute atomic E-state index is 0.118. The lowest BCUT2D eigenvalue weighted by Crippen LogP contribution is -2.16. The van der Waals surface area contributed by atoms with Crippen LogP contribution in [-0.4, -0.2) is 35.5 Å². The van der Waals surface area contributed by atoms with Crippen LogP contribution in [0, 0.1) is 0 Å². The molecule has 2 rings (SSSR count). The highest BCUT2D eigenvalue weighted by Gasteiger charge is 2.27. The third kappa shape index (κ3) is 5.60. The Morgan fingerprint density at radius 3 is 2.69 bits per heavy atom. The summed E-state index contributed by atoms with van der Waals surface area (Å²) in [4.78, 5) is 12.1. The first kappa shape index (κ1) is 20.0. The highest BCUT2D eigenvalue weighted by molar-refractivity contribution is 6.34. The van der Waals surface area contributed by atoms with Crippen LogP contribution in [0.15, 0.2) is 30.5 Å². The third-order valence-electron chi connectivity index (χ3n) is 3.27. The monoisotopic (exact) mass is 388 g/mol. The molecule has 0 saturated heterocycles. The van der Waals surface area contributed by atoms with E-state index in [1.807, 2.05) is 0 Å². The largest absolute Gasteiger partial charge is 0.496 e. The summed E-state index contributed by atoms with van der Waals surface area (Å²) < 4.78 is 47.8. The Kier molecular flexibility index (Phi) is 6.44. The van der Waals surface area contributed by atoms with Gasteiger partial charge in [0.25, 0.3) is 0 Å². The Morgan fingerprint density at radius 2 is 2.12 bits per heavy atom. The number of aromatic nitrogens is 2. The fourth-order valence-corrected chi connectivity index (χ4v) is 2.44. The molecule has 0 radical (unpaired) electrons. The average molecular weight is 389 g/mol. The lowest BCUT2D eigenvalue weighted by molar-refractivity contribution is -0.176. The normalized spacial score (nSPS) is 11.9.